The highest BCUT2D eigenvalue weighted by Crippen LogP contribution is 2.49. The molecule has 0 radical (unpaired) electrons. The maximum atomic E-state index is 2.45. The Kier molecular flexibility index (Phi) is 2.18. The van der Waals surface area contributed by atoms with Crippen molar-refractivity contribution in [2.45, 2.75) is 46.5 Å². The van der Waals surface area contributed by atoms with Gasteiger partial charge in [-0.15, -0.1) is 0 Å². The Morgan fingerprint density at radius 3 is 1.67 bits per heavy atom. The molecule has 2 aliphatic carbocycles. The molecule has 0 amide bonds. The van der Waals surface area contributed by atoms with Gasteiger partial charge in [0.15, 0.2) is 0 Å². The fraction of sp³-hybridized carbons (Fsp3) is 1.00. The summed E-state index contributed by atoms with van der Waals surface area (Å²) in [5.41, 5.74) is 0. The zero-order chi connectivity index (χ0) is 8.72. The summed E-state index contributed by atoms with van der Waals surface area (Å²) in [5.74, 6) is 5.26. The average molecular weight is 166 g/mol. The van der Waals surface area contributed by atoms with E-state index in [0.717, 1.165) is 29.6 Å². The predicted octanol–water partition coefficient (Wildman–Crippen LogP) is 3.71. The molecule has 2 fully saturated rings. The largest absolute Gasteiger partial charge is 0.0622 e. The van der Waals surface area contributed by atoms with Crippen LogP contribution in [0.5, 0.6) is 0 Å². The third-order valence-electron chi connectivity index (χ3n) is 4.61. The van der Waals surface area contributed by atoms with Crippen LogP contribution in [0, 0.1) is 29.6 Å². The zero-order valence-corrected chi connectivity index (χ0v) is 8.72. The van der Waals surface area contributed by atoms with Crippen LogP contribution in [-0.2, 0) is 0 Å². The molecule has 12 heavy (non-hydrogen) atoms. The van der Waals surface area contributed by atoms with Crippen LogP contribution >= 0.6 is 0 Å². The molecule has 0 bridgehead atoms. The van der Waals surface area contributed by atoms with E-state index in [2.05, 4.69) is 20.8 Å². The molecule has 0 N–H and O–H groups in total. The lowest BCUT2D eigenvalue weighted by Crippen LogP contribution is -2.29. The third kappa shape index (κ3) is 1.30. The number of hydrogen-bond acceptors (Lipinski definition) is 0. The van der Waals surface area contributed by atoms with Crippen LogP contribution < -0.4 is 0 Å². The van der Waals surface area contributed by atoms with Crippen LogP contribution in [0.1, 0.15) is 46.5 Å². The second-order valence-electron chi connectivity index (χ2n) is 5.40. The van der Waals surface area contributed by atoms with Gasteiger partial charge in [0, 0.05) is 0 Å². The molecule has 70 valence electrons. The molecule has 4 atom stereocenters. The molecule has 2 aliphatic rings. The van der Waals surface area contributed by atoms with Crippen LogP contribution in [0.25, 0.3) is 0 Å². The molecule has 0 heterocycles. The molecule has 0 heteroatoms. The molecule has 2 rings (SSSR count). The molecule has 0 aromatic rings. The monoisotopic (exact) mass is 166 g/mol. The Morgan fingerprint density at radius 2 is 1.33 bits per heavy atom. The Morgan fingerprint density at radius 1 is 0.750 bits per heavy atom. The van der Waals surface area contributed by atoms with Gasteiger partial charge in [0.05, 0.1) is 0 Å². The summed E-state index contributed by atoms with van der Waals surface area (Å²) in [6.45, 7) is 7.32. The Balaban J connectivity index is 1.90. The number of rotatable bonds is 1. The molecule has 0 nitrogen and oxygen atoms in total. The highest BCUT2D eigenvalue weighted by atomic mass is 14.4. The maximum absolute atomic E-state index is 2.45. The maximum Gasteiger partial charge on any atom is -0.0360 e. The highest BCUT2D eigenvalue weighted by Gasteiger charge is 2.39. The SMILES string of the molecule is CC1CC(C2CCC2C)CC1C. The fourth-order valence-corrected chi connectivity index (χ4v) is 3.26. The molecule has 0 aliphatic heterocycles. The molecular weight excluding hydrogens is 144 g/mol. The van der Waals surface area contributed by atoms with Gasteiger partial charge in [-0.25, -0.2) is 0 Å². The van der Waals surface area contributed by atoms with Crippen LogP contribution in [0.3, 0.4) is 0 Å². The van der Waals surface area contributed by atoms with E-state index in [1.54, 1.807) is 0 Å². The van der Waals surface area contributed by atoms with Crippen LogP contribution in [0.15, 0.2) is 0 Å². The quantitative estimate of drug-likeness (QED) is 0.557. The summed E-state index contributed by atoms with van der Waals surface area (Å²) < 4.78 is 0. The molecular formula is C12H22. The Hall–Kier alpha value is 0. The third-order valence-corrected chi connectivity index (χ3v) is 4.61. The molecule has 2 saturated carbocycles. The van der Waals surface area contributed by atoms with Crippen molar-refractivity contribution in [2.24, 2.45) is 29.6 Å². The van der Waals surface area contributed by atoms with Gasteiger partial charge in [-0.3, -0.25) is 0 Å². The Labute approximate surface area is 76.7 Å². The second kappa shape index (κ2) is 3.05. The van der Waals surface area contributed by atoms with E-state index in [-0.39, 0.29) is 0 Å². The first-order chi connectivity index (χ1) is 5.68. The van der Waals surface area contributed by atoms with E-state index in [4.69, 9.17) is 0 Å². The van der Waals surface area contributed by atoms with Crippen molar-refractivity contribution in [3.63, 3.8) is 0 Å². The highest BCUT2D eigenvalue weighted by molar-refractivity contribution is 4.89. The van der Waals surface area contributed by atoms with E-state index >= 15 is 0 Å². The predicted molar refractivity (Wildman–Crippen MR) is 52.9 cm³/mol. The summed E-state index contributed by atoms with van der Waals surface area (Å²) >= 11 is 0. The minimum atomic E-state index is 1.00. The van der Waals surface area contributed by atoms with Crippen molar-refractivity contribution < 1.29 is 0 Å². The lowest BCUT2D eigenvalue weighted by molar-refractivity contribution is 0.118. The van der Waals surface area contributed by atoms with Gasteiger partial charge in [0.2, 0.25) is 0 Å². The van der Waals surface area contributed by atoms with Crippen molar-refractivity contribution in [1.29, 1.82) is 0 Å². The molecule has 0 saturated heterocycles. The Bertz CT molecular complexity index is 151. The van der Waals surface area contributed by atoms with Gasteiger partial charge in [0.25, 0.3) is 0 Å². The zero-order valence-electron chi connectivity index (χ0n) is 8.72. The first kappa shape index (κ1) is 8.59. The first-order valence-corrected chi connectivity index (χ1v) is 5.68. The lowest BCUT2D eigenvalue weighted by Gasteiger charge is -2.38. The van der Waals surface area contributed by atoms with Crippen LogP contribution in [-0.4, -0.2) is 0 Å². The summed E-state index contributed by atoms with van der Waals surface area (Å²) in [6.07, 6.45) is 6.08. The van der Waals surface area contributed by atoms with Crippen LogP contribution in [0.4, 0.5) is 0 Å². The van der Waals surface area contributed by atoms with Crippen molar-refractivity contribution >= 4 is 0 Å². The van der Waals surface area contributed by atoms with Crippen molar-refractivity contribution in [3.8, 4) is 0 Å². The van der Waals surface area contributed by atoms with E-state index in [1.165, 1.54) is 25.7 Å². The molecule has 0 spiro atoms. The minimum Gasteiger partial charge on any atom is -0.0622 e. The topological polar surface area (TPSA) is 0 Å². The van der Waals surface area contributed by atoms with Gasteiger partial charge >= 0.3 is 0 Å². The second-order valence-corrected chi connectivity index (χ2v) is 5.40. The van der Waals surface area contributed by atoms with Crippen molar-refractivity contribution in [2.75, 3.05) is 0 Å². The first-order valence-electron chi connectivity index (χ1n) is 5.68. The normalized spacial score (nSPS) is 53.8. The average Bonchev–Trinajstić information content (AvgIpc) is 2.29. The number of hydrogen-bond donors (Lipinski definition) is 0. The molecule has 0 aromatic heterocycles. The molecule has 4 unspecified atom stereocenters. The minimum absolute atomic E-state index is 1.00. The van der Waals surface area contributed by atoms with Crippen molar-refractivity contribution in [3.05, 3.63) is 0 Å². The van der Waals surface area contributed by atoms with Crippen LogP contribution in [0.2, 0.25) is 0 Å². The molecule has 0 aromatic carbocycles. The van der Waals surface area contributed by atoms with Gasteiger partial charge in [-0.2, -0.15) is 0 Å². The van der Waals surface area contributed by atoms with Gasteiger partial charge < -0.3 is 0 Å². The van der Waals surface area contributed by atoms with E-state index < -0.39 is 0 Å². The summed E-state index contributed by atoms with van der Waals surface area (Å²) in [4.78, 5) is 0. The van der Waals surface area contributed by atoms with E-state index in [0.29, 0.717) is 0 Å². The summed E-state index contributed by atoms with van der Waals surface area (Å²) in [5, 5.41) is 0. The van der Waals surface area contributed by atoms with Gasteiger partial charge in [-0.1, -0.05) is 27.2 Å². The standard InChI is InChI=1S/C12H22/c1-8-4-5-12(8)11-6-9(2)10(3)7-11/h8-12H,4-7H2,1-3H3. The van der Waals surface area contributed by atoms with Gasteiger partial charge in [-0.05, 0) is 48.9 Å². The van der Waals surface area contributed by atoms with E-state index in [1.807, 2.05) is 0 Å². The lowest BCUT2D eigenvalue weighted by atomic mass is 9.67. The summed E-state index contributed by atoms with van der Waals surface area (Å²) in [7, 11) is 0. The smallest absolute Gasteiger partial charge is 0.0360 e. The van der Waals surface area contributed by atoms with Gasteiger partial charge in [0.1, 0.15) is 0 Å². The fourth-order valence-electron chi connectivity index (χ4n) is 3.26. The van der Waals surface area contributed by atoms with E-state index in [9.17, 15) is 0 Å². The summed E-state index contributed by atoms with van der Waals surface area (Å²) in [6, 6.07) is 0. The van der Waals surface area contributed by atoms with Crippen molar-refractivity contribution in [1.82, 2.24) is 0 Å².